The number of hydrogen-bond donors (Lipinski definition) is 0. The predicted molar refractivity (Wildman–Crippen MR) is 65.5 cm³/mol. The van der Waals surface area contributed by atoms with Gasteiger partial charge in [-0.15, -0.1) is 11.3 Å². The van der Waals surface area contributed by atoms with E-state index in [0.717, 1.165) is 16.1 Å². The number of hydrogen-bond acceptors (Lipinski definition) is 4. The van der Waals surface area contributed by atoms with Crippen LogP contribution in [0, 0.1) is 6.26 Å². The van der Waals surface area contributed by atoms with E-state index in [4.69, 9.17) is 0 Å². The third kappa shape index (κ3) is 2.68. The largest absolute Gasteiger partial charge is 0.245 e. The van der Waals surface area contributed by atoms with Gasteiger partial charge in [-0.1, -0.05) is 24.3 Å². The summed E-state index contributed by atoms with van der Waals surface area (Å²) in [5.41, 5.74) is 1.61. The highest BCUT2D eigenvalue weighted by Gasteiger charge is 2.11. The molecule has 5 heteroatoms. The lowest BCUT2D eigenvalue weighted by atomic mass is 10.1. The summed E-state index contributed by atoms with van der Waals surface area (Å²) in [5, 5.41) is 2.70. The fourth-order valence-corrected chi connectivity index (χ4v) is 2.87. The first-order valence-electron chi connectivity index (χ1n) is 4.60. The minimum Gasteiger partial charge on any atom is -0.245 e. The summed E-state index contributed by atoms with van der Waals surface area (Å²) in [7, 11) is -3.26. The van der Waals surface area contributed by atoms with Crippen LogP contribution >= 0.6 is 11.3 Å². The SMILES string of the molecule is [CH2]S(=O)(=O)Cc1ccccc1-c1nccs1. The Morgan fingerprint density at radius 2 is 2.06 bits per heavy atom. The molecule has 0 fully saturated rings. The van der Waals surface area contributed by atoms with Crippen molar-refractivity contribution in [3.8, 4) is 10.6 Å². The highest BCUT2D eigenvalue weighted by Crippen LogP contribution is 2.26. The molecule has 1 aromatic carbocycles. The molecule has 0 N–H and O–H groups in total. The second-order valence-corrected chi connectivity index (χ2v) is 6.05. The Labute approximate surface area is 98.7 Å². The van der Waals surface area contributed by atoms with Crippen molar-refractivity contribution >= 4 is 21.2 Å². The van der Waals surface area contributed by atoms with Crippen molar-refractivity contribution in [1.29, 1.82) is 0 Å². The van der Waals surface area contributed by atoms with Gasteiger partial charge in [0.15, 0.2) is 9.84 Å². The Balaban J connectivity index is 2.47. The van der Waals surface area contributed by atoms with Crippen molar-refractivity contribution in [2.75, 3.05) is 0 Å². The van der Waals surface area contributed by atoms with Crippen LogP contribution in [-0.4, -0.2) is 13.4 Å². The summed E-state index contributed by atoms with van der Waals surface area (Å²) in [6.45, 7) is 0. The number of rotatable bonds is 3. The van der Waals surface area contributed by atoms with Gasteiger partial charge in [0.05, 0.1) is 12.0 Å². The highest BCUT2D eigenvalue weighted by molar-refractivity contribution is 7.91. The number of benzene rings is 1. The van der Waals surface area contributed by atoms with E-state index < -0.39 is 9.84 Å². The molecule has 0 atom stereocenters. The van der Waals surface area contributed by atoms with Crippen LogP contribution in [0.25, 0.3) is 10.6 Å². The van der Waals surface area contributed by atoms with Crippen molar-refractivity contribution in [2.45, 2.75) is 5.75 Å². The summed E-state index contributed by atoms with van der Waals surface area (Å²) >= 11 is 1.49. The van der Waals surface area contributed by atoms with E-state index in [0.29, 0.717) is 0 Å². The fraction of sp³-hybridized carbons (Fsp3) is 0.0909. The van der Waals surface area contributed by atoms with Crippen molar-refractivity contribution in [2.24, 2.45) is 0 Å². The molecule has 1 heterocycles. The summed E-state index contributed by atoms with van der Waals surface area (Å²) in [6.07, 6.45) is 4.85. The predicted octanol–water partition coefficient (Wildman–Crippen LogP) is 2.52. The first-order valence-corrected chi connectivity index (χ1v) is 7.30. The van der Waals surface area contributed by atoms with Gasteiger partial charge in [-0.2, -0.15) is 0 Å². The zero-order valence-corrected chi connectivity index (χ0v) is 10.1. The van der Waals surface area contributed by atoms with Crippen molar-refractivity contribution < 1.29 is 8.42 Å². The van der Waals surface area contributed by atoms with Gasteiger partial charge < -0.3 is 0 Å². The molecule has 2 aromatic rings. The van der Waals surface area contributed by atoms with Crippen molar-refractivity contribution in [1.82, 2.24) is 4.98 Å². The van der Waals surface area contributed by atoms with Crippen LogP contribution in [0.4, 0.5) is 0 Å². The lowest BCUT2D eigenvalue weighted by Gasteiger charge is -2.05. The quantitative estimate of drug-likeness (QED) is 0.843. The van der Waals surface area contributed by atoms with E-state index in [9.17, 15) is 8.42 Å². The monoisotopic (exact) mass is 252 g/mol. The van der Waals surface area contributed by atoms with Crippen LogP contribution in [0.5, 0.6) is 0 Å². The summed E-state index contributed by atoms with van der Waals surface area (Å²) in [6, 6.07) is 7.35. The van der Waals surface area contributed by atoms with E-state index in [-0.39, 0.29) is 5.75 Å². The lowest BCUT2D eigenvalue weighted by Crippen LogP contribution is -1.99. The van der Waals surface area contributed by atoms with E-state index in [1.54, 1.807) is 12.3 Å². The van der Waals surface area contributed by atoms with Crippen LogP contribution in [0.2, 0.25) is 0 Å². The van der Waals surface area contributed by atoms with Crippen LogP contribution in [0.15, 0.2) is 35.8 Å². The van der Waals surface area contributed by atoms with Crippen LogP contribution in [-0.2, 0) is 15.6 Å². The molecule has 1 aromatic heterocycles. The van der Waals surface area contributed by atoms with Gasteiger partial charge in [-0.05, 0) is 5.56 Å². The molecule has 2 rings (SSSR count). The van der Waals surface area contributed by atoms with Gasteiger partial charge >= 0.3 is 0 Å². The van der Waals surface area contributed by atoms with Gasteiger partial charge in [0.2, 0.25) is 0 Å². The molecule has 0 amide bonds. The van der Waals surface area contributed by atoms with Crippen LogP contribution in [0.3, 0.4) is 0 Å². The van der Waals surface area contributed by atoms with Crippen LogP contribution < -0.4 is 0 Å². The van der Waals surface area contributed by atoms with Gasteiger partial charge in [-0.25, -0.2) is 13.4 Å². The molecule has 0 aliphatic carbocycles. The van der Waals surface area contributed by atoms with Crippen molar-refractivity contribution in [3.05, 3.63) is 47.7 Å². The molecule has 16 heavy (non-hydrogen) atoms. The topological polar surface area (TPSA) is 47.0 Å². The number of thiazole rings is 1. The Morgan fingerprint density at radius 3 is 2.69 bits per heavy atom. The zero-order valence-electron chi connectivity index (χ0n) is 8.46. The number of aromatic nitrogens is 1. The van der Waals surface area contributed by atoms with Crippen LogP contribution in [0.1, 0.15) is 5.56 Å². The smallest absolute Gasteiger partial charge is 0.155 e. The van der Waals surface area contributed by atoms with E-state index in [1.807, 2.05) is 23.6 Å². The van der Waals surface area contributed by atoms with Gasteiger partial charge in [-0.3, -0.25) is 0 Å². The van der Waals surface area contributed by atoms with Crippen molar-refractivity contribution in [3.63, 3.8) is 0 Å². The fourth-order valence-electron chi connectivity index (χ4n) is 1.45. The molecule has 0 saturated carbocycles. The highest BCUT2D eigenvalue weighted by atomic mass is 32.2. The second kappa shape index (κ2) is 4.35. The molecule has 0 bridgehead atoms. The molecule has 0 unspecified atom stereocenters. The number of sulfone groups is 1. The minimum absolute atomic E-state index is 0.0528. The zero-order chi connectivity index (χ0) is 11.6. The molecular formula is C11H10NO2S2. The molecule has 1 radical (unpaired) electrons. The minimum atomic E-state index is -3.26. The standard InChI is InChI=1S/C11H10NO2S2/c1-16(13,14)8-9-4-2-3-5-10(9)11-12-6-7-15-11/h2-7H,1,8H2. The lowest BCUT2D eigenvalue weighted by molar-refractivity contribution is 0.603. The molecular weight excluding hydrogens is 242 g/mol. The third-order valence-corrected chi connectivity index (χ3v) is 3.61. The average Bonchev–Trinajstić information content (AvgIpc) is 2.69. The molecule has 0 aliphatic heterocycles. The molecule has 0 saturated heterocycles. The van der Waals surface area contributed by atoms with Gasteiger partial charge in [0, 0.05) is 17.1 Å². The molecule has 83 valence electrons. The Hall–Kier alpha value is -1.20. The summed E-state index contributed by atoms with van der Waals surface area (Å²) in [5.74, 6) is -0.0528. The Bertz CT molecular complexity index is 574. The van der Waals surface area contributed by atoms with E-state index >= 15 is 0 Å². The Morgan fingerprint density at radius 1 is 1.31 bits per heavy atom. The normalized spacial score (nSPS) is 11.6. The molecule has 3 nitrogen and oxygen atoms in total. The second-order valence-electron chi connectivity index (χ2n) is 3.38. The van der Waals surface area contributed by atoms with E-state index in [2.05, 4.69) is 11.2 Å². The van der Waals surface area contributed by atoms with Gasteiger partial charge in [0.1, 0.15) is 5.01 Å². The van der Waals surface area contributed by atoms with E-state index in [1.165, 1.54) is 11.3 Å². The number of nitrogens with zero attached hydrogens (tertiary/aromatic N) is 1. The molecule has 0 aliphatic rings. The third-order valence-electron chi connectivity index (χ3n) is 2.06. The van der Waals surface area contributed by atoms with Gasteiger partial charge in [0.25, 0.3) is 0 Å². The average molecular weight is 252 g/mol. The first-order chi connectivity index (χ1) is 7.56. The maximum absolute atomic E-state index is 11.2. The maximum Gasteiger partial charge on any atom is 0.155 e. The summed E-state index contributed by atoms with van der Waals surface area (Å²) in [4.78, 5) is 4.18. The first kappa shape index (κ1) is 11.3. The Kier molecular flexibility index (Phi) is 3.07. The maximum atomic E-state index is 11.2. The molecule has 0 spiro atoms. The summed E-state index contributed by atoms with van der Waals surface area (Å²) < 4.78 is 22.4.